The molecule has 0 aliphatic heterocycles. The van der Waals surface area contributed by atoms with Crippen LogP contribution in [0.4, 0.5) is 0 Å². The van der Waals surface area contributed by atoms with Crippen LogP contribution in [0.25, 0.3) is 0 Å². The minimum Gasteiger partial charge on any atom is -0.445 e. The molecular formula is C16H22N4O2. The van der Waals surface area contributed by atoms with Crippen LogP contribution < -0.4 is 5.32 Å². The van der Waals surface area contributed by atoms with Crippen molar-refractivity contribution in [1.29, 1.82) is 0 Å². The molecule has 0 radical (unpaired) electrons. The lowest BCUT2D eigenvalue weighted by molar-refractivity contribution is 0.0927. The molecule has 6 nitrogen and oxygen atoms in total. The molecule has 3 rings (SSSR count). The molecule has 2 aromatic heterocycles. The zero-order valence-electron chi connectivity index (χ0n) is 13.5. The molecule has 1 atom stereocenters. The standard InChI is InChI=1S/C16H22N4O2/c1-9(2)20-8-12-5-6-13(7-14(12)19-20)18-16(21)15-10(3)22-11(4)17-15/h8-9,13H,5-7H2,1-4H3,(H,18,21)/t13-/m0/s1. The Bertz CT molecular complexity index is 699. The highest BCUT2D eigenvalue weighted by molar-refractivity contribution is 5.93. The highest BCUT2D eigenvalue weighted by Gasteiger charge is 2.25. The van der Waals surface area contributed by atoms with Crippen LogP contribution in [0.15, 0.2) is 10.6 Å². The Morgan fingerprint density at radius 2 is 2.23 bits per heavy atom. The highest BCUT2D eigenvalue weighted by atomic mass is 16.4. The fraction of sp³-hybridized carbons (Fsp3) is 0.562. The lowest BCUT2D eigenvalue weighted by Crippen LogP contribution is -2.39. The molecule has 0 spiro atoms. The van der Waals surface area contributed by atoms with Crippen LogP contribution >= 0.6 is 0 Å². The van der Waals surface area contributed by atoms with Crippen LogP contribution in [-0.2, 0) is 12.8 Å². The molecule has 1 aliphatic rings. The summed E-state index contributed by atoms with van der Waals surface area (Å²) in [5.74, 6) is 0.922. The van der Waals surface area contributed by atoms with Crippen molar-refractivity contribution in [3.8, 4) is 0 Å². The number of fused-ring (bicyclic) bond motifs is 1. The molecule has 0 unspecified atom stereocenters. The summed E-state index contributed by atoms with van der Waals surface area (Å²) in [6.45, 7) is 7.74. The van der Waals surface area contributed by atoms with E-state index in [4.69, 9.17) is 4.42 Å². The Morgan fingerprint density at radius 3 is 2.86 bits per heavy atom. The summed E-state index contributed by atoms with van der Waals surface area (Å²) in [4.78, 5) is 16.5. The van der Waals surface area contributed by atoms with E-state index in [0.717, 1.165) is 25.0 Å². The van der Waals surface area contributed by atoms with Gasteiger partial charge >= 0.3 is 0 Å². The zero-order chi connectivity index (χ0) is 15.9. The average molecular weight is 302 g/mol. The van der Waals surface area contributed by atoms with Crippen molar-refractivity contribution in [2.45, 2.75) is 59.0 Å². The molecular weight excluding hydrogens is 280 g/mol. The second kappa shape index (κ2) is 5.59. The minimum absolute atomic E-state index is 0.104. The SMILES string of the molecule is Cc1nc(C(=O)N[C@H]2CCc3cn(C(C)C)nc3C2)c(C)o1. The molecule has 6 heteroatoms. The number of amides is 1. The molecule has 22 heavy (non-hydrogen) atoms. The number of aromatic nitrogens is 3. The van der Waals surface area contributed by atoms with Crippen LogP contribution in [0.1, 0.15) is 59.7 Å². The number of rotatable bonds is 3. The summed E-state index contributed by atoms with van der Waals surface area (Å²) in [6.07, 6.45) is 4.78. The first-order chi connectivity index (χ1) is 10.4. The van der Waals surface area contributed by atoms with E-state index in [1.807, 2.05) is 4.68 Å². The zero-order valence-corrected chi connectivity index (χ0v) is 13.5. The van der Waals surface area contributed by atoms with Crippen molar-refractivity contribution in [2.75, 3.05) is 0 Å². The maximum absolute atomic E-state index is 12.3. The molecule has 2 heterocycles. The van der Waals surface area contributed by atoms with E-state index in [-0.39, 0.29) is 11.9 Å². The van der Waals surface area contributed by atoms with Crippen LogP contribution in [0, 0.1) is 13.8 Å². The minimum atomic E-state index is -0.161. The van der Waals surface area contributed by atoms with E-state index in [1.165, 1.54) is 5.56 Å². The molecule has 2 aromatic rings. The predicted octanol–water partition coefficient (Wildman–Crippen LogP) is 2.36. The van der Waals surface area contributed by atoms with Gasteiger partial charge in [0.05, 0.1) is 5.69 Å². The predicted molar refractivity (Wildman–Crippen MR) is 81.9 cm³/mol. The Kier molecular flexibility index (Phi) is 3.76. The summed E-state index contributed by atoms with van der Waals surface area (Å²) in [5.41, 5.74) is 2.78. The molecule has 1 N–H and O–H groups in total. The Hall–Kier alpha value is -2.11. The smallest absolute Gasteiger partial charge is 0.273 e. The van der Waals surface area contributed by atoms with Gasteiger partial charge in [0.2, 0.25) is 0 Å². The highest BCUT2D eigenvalue weighted by Crippen LogP contribution is 2.22. The third kappa shape index (κ3) is 2.77. The van der Waals surface area contributed by atoms with Gasteiger partial charge in [0.25, 0.3) is 5.91 Å². The van der Waals surface area contributed by atoms with E-state index in [9.17, 15) is 4.79 Å². The average Bonchev–Trinajstić information content (AvgIpc) is 3.01. The number of nitrogens with one attached hydrogen (secondary N) is 1. The lowest BCUT2D eigenvalue weighted by atomic mass is 9.93. The van der Waals surface area contributed by atoms with Crippen molar-refractivity contribution in [3.63, 3.8) is 0 Å². The van der Waals surface area contributed by atoms with Gasteiger partial charge in [0.15, 0.2) is 11.6 Å². The Labute approximate surface area is 129 Å². The number of oxazole rings is 1. The number of aryl methyl sites for hydroxylation is 3. The monoisotopic (exact) mass is 302 g/mol. The molecule has 0 fully saturated rings. The molecule has 0 bridgehead atoms. The van der Waals surface area contributed by atoms with E-state index in [1.54, 1.807) is 13.8 Å². The molecule has 0 saturated carbocycles. The van der Waals surface area contributed by atoms with Gasteiger partial charge in [-0.3, -0.25) is 9.48 Å². The number of carbonyl (C=O) groups excluding carboxylic acids is 1. The van der Waals surface area contributed by atoms with E-state index >= 15 is 0 Å². The summed E-state index contributed by atoms with van der Waals surface area (Å²) in [5, 5.41) is 7.69. The maximum Gasteiger partial charge on any atom is 0.273 e. The summed E-state index contributed by atoms with van der Waals surface area (Å²) in [6, 6.07) is 0.464. The van der Waals surface area contributed by atoms with Crippen molar-refractivity contribution >= 4 is 5.91 Å². The van der Waals surface area contributed by atoms with Gasteiger partial charge in [-0.05, 0) is 39.2 Å². The van der Waals surface area contributed by atoms with Crippen molar-refractivity contribution in [2.24, 2.45) is 0 Å². The van der Waals surface area contributed by atoms with Gasteiger partial charge in [0.1, 0.15) is 5.76 Å². The number of hydrogen-bond donors (Lipinski definition) is 1. The number of carbonyl (C=O) groups is 1. The summed E-state index contributed by atoms with van der Waals surface area (Å²) < 4.78 is 7.32. The quantitative estimate of drug-likeness (QED) is 0.944. The normalized spacial score (nSPS) is 17.6. The Balaban J connectivity index is 1.70. The van der Waals surface area contributed by atoms with E-state index < -0.39 is 0 Å². The fourth-order valence-corrected chi connectivity index (χ4v) is 2.89. The largest absolute Gasteiger partial charge is 0.445 e. The summed E-state index contributed by atoms with van der Waals surface area (Å²) in [7, 11) is 0. The number of nitrogens with zero attached hydrogens (tertiary/aromatic N) is 3. The fourth-order valence-electron chi connectivity index (χ4n) is 2.89. The first kappa shape index (κ1) is 14.8. The molecule has 1 amide bonds. The van der Waals surface area contributed by atoms with Crippen molar-refractivity contribution in [1.82, 2.24) is 20.1 Å². The third-order valence-electron chi connectivity index (χ3n) is 4.08. The van der Waals surface area contributed by atoms with Crippen molar-refractivity contribution < 1.29 is 9.21 Å². The topological polar surface area (TPSA) is 73.0 Å². The molecule has 118 valence electrons. The molecule has 1 aliphatic carbocycles. The van der Waals surface area contributed by atoms with Crippen LogP contribution in [0.2, 0.25) is 0 Å². The summed E-state index contributed by atoms with van der Waals surface area (Å²) >= 11 is 0. The number of hydrogen-bond acceptors (Lipinski definition) is 4. The van der Waals surface area contributed by atoms with Gasteiger partial charge in [-0.25, -0.2) is 4.98 Å². The first-order valence-corrected chi connectivity index (χ1v) is 7.76. The van der Waals surface area contributed by atoms with Gasteiger partial charge in [0, 0.05) is 31.6 Å². The third-order valence-corrected chi connectivity index (χ3v) is 4.08. The van der Waals surface area contributed by atoms with Crippen LogP contribution in [-0.4, -0.2) is 26.7 Å². The first-order valence-electron chi connectivity index (χ1n) is 7.76. The molecule has 0 aromatic carbocycles. The van der Waals surface area contributed by atoms with Gasteiger partial charge < -0.3 is 9.73 Å². The van der Waals surface area contributed by atoms with E-state index in [0.29, 0.717) is 23.4 Å². The Morgan fingerprint density at radius 1 is 1.45 bits per heavy atom. The second-order valence-electron chi connectivity index (χ2n) is 6.23. The van der Waals surface area contributed by atoms with Crippen LogP contribution in [0.3, 0.4) is 0 Å². The lowest BCUT2D eigenvalue weighted by Gasteiger charge is -2.21. The maximum atomic E-state index is 12.3. The van der Waals surface area contributed by atoms with Crippen LogP contribution in [0.5, 0.6) is 0 Å². The van der Waals surface area contributed by atoms with Gasteiger partial charge in [-0.15, -0.1) is 0 Å². The van der Waals surface area contributed by atoms with E-state index in [2.05, 4.69) is 35.4 Å². The van der Waals surface area contributed by atoms with Crippen molar-refractivity contribution in [3.05, 3.63) is 34.8 Å². The second-order valence-corrected chi connectivity index (χ2v) is 6.23. The van der Waals surface area contributed by atoms with Gasteiger partial charge in [-0.1, -0.05) is 0 Å². The van der Waals surface area contributed by atoms with Gasteiger partial charge in [-0.2, -0.15) is 5.10 Å². The molecule has 0 saturated heterocycles.